The lowest BCUT2D eigenvalue weighted by Crippen LogP contribution is -2.38. The first-order valence-electron chi connectivity index (χ1n) is 5.47. The number of carboxylic acid groups (broad SMARTS) is 1. The summed E-state index contributed by atoms with van der Waals surface area (Å²) in [6, 6.07) is 4.65. The Balaban J connectivity index is 2.75. The van der Waals surface area contributed by atoms with Crippen molar-refractivity contribution in [2.75, 3.05) is 26.5 Å². The summed E-state index contributed by atoms with van der Waals surface area (Å²) < 4.78 is 9.69. The van der Waals surface area contributed by atoms with Crippen molar-refractivity contribution in [1.82, 2.24) is 5.32 Å². The van der Waals surface area contributed by atoms with Gasteiger partial charge in [-0.25, -0.2) is 4.79 Å². The van der Waals surface area contributed by atoms with E-state index in [0.717, 1.165) is 0 Å². The number of rotatable bonds is 6. The summed E-state index contributed by atoms with van der Waals surface area (Å²) in [5.74, 6) is -1.15. The van der Waals surface area contributed by atoms with E-state index in [0.29, 0.717) is 5.75 Å². The van der Waals surface area contributed by atoms with Crippen LogP contribution in [0.25, 0.3) is 0 Å². The predicted molar refractivity (Wildman–Crippen MR) is 68.2 cm³/mol. The summed E-state index contributed by atoms with van der Waals surface area (Å²) in [5.41, 5.74) is 6.18. The number of hydrogen-bond acceptors (Lipinski definition) is 5. The van der Waals surface area contributed by atoms with Crippen LogP contribution in [-0.4, -0.2) is 43.9 Å². The van der Waals surface area contributed by atoms with Crippen molar-refractivity contribution in [3.8, 4) is 5.75 Å². The molecule has 7 heteroatoms. The molecule has 1 aromatic carbocycles. The highest BCUT2D eigenvalue weighted by Crippen LogP contribution is 2.19. The van der Waals surface area contributed by atoms with Crippen molar-refractivity contribution in [1.29, 1.82) is 0 Å². The fourth-order valence-electron chi connectivity index (χ4n) is 1.41. The Hall–Kier alpha value is -2.28. The molecule has 4 N–H and O–H groups in total. The van der Waals surface area contributed by atoms with Crippen LogP contribution in [0.2, 0.25) is 0 Å². The van der Waals surface area contributed by atoms with Crippen molar-refractivity contribution >= 4 is 17.6 Å². The Morgan fingerprint density at radius 2 is 2.11 bits per heavy atom. The minimum absolute atomic E-state index is 0.151. The summed E-state index contributed by atoms with van der Waals surface area (Å²) in [6.07, 6.45) is -1.10. The van der Waals surface area contributed by atoms with Gasteiger partial charge in [0, 0.05) is 12.8 Å². The number of methoxy groups -OCH3 is 2. The zero-order chi connectivity index (χ0) is 14.4. The van der Waals surface area contributed by atoms with Crippen LogP contribution in [0, 0.1) is 0 Å². The summed E-state index contributed by atoms with van der Waals surface area (Å²) in [4.78, 5) is 22.6. The van der Waals surface area contributed by atoms with E-state index >= 15 is 0 Å². The maximum absolute atomic E-state index is 11.9. The fourth-order valence-corrected chi connectivity index (χ4v) is 1.41. The second-order valence-electron chi connectivity index (χ2n) is 3.73. The largest absolute Gasteiger partial charge is 0.497 e. The first-order valence-corrected chi connectivity index (χ1v) is 5.47. The van der Waals surface area contributed by atoms with E-state index in [9.17, 15) is 9.59 Å². The Morgan fingerprint density at radius 1 is 1.42 bits per heavy atom. The number of hydrogen-bond donors (Lipinski definition) is 3. The number of nitrogen functional groups attached to an aromatic ring is 1. The van der Waals surface area contributed by atoms with Crippen LogP contribution in [-0.2, 0) is 9.53 Å². The normalized spacial score (nSPS) is 11.7. The molecular weight excluding hydrogens is 252 g/mol. The van der Waals surface area contributed by atoms with E-state index in [-0.39, 0.29) is 17.8 Å². The number of amides is 1. The van der Waals surface area contributed by atoms with Crippen molar-refractivity contribution in [3.05, 3.63) is 23.8 Å². The van der Waals surface area contributed by atoms with Gasteiger partial charge in [0.1, 0.15) is 5.75 Å². The lowest BCUT2D eigenvalue weighted by molar-refractivity contribution is -0.148. The van der Waals surface area contributed by atoms with Gasteiger partial charge in [0.05, 0.1) is 19.2 Å². The molecule has 1 amide bonds. The van der Waals surface area contributed by atoms with Crippen LogP contribution >= 0.6 is 0 Å². The topological polar surface area (TPSA) is 111 Å². The van der Waals surface area contributed by atoms with E-state index in [4.69, 9.17) is 20.3 Å². The molecule has 0 saturated carbocycles. The van der Waals surface area contributed by atoms with Gasteiger partial charge < -0.3 is 25.6 Å². The highest BCUT2D eigenvalue weighted by atomic mass is 16.5. The van der Waals surface area contributed by atoms with Crippen LogP contribution in [0.1, 0.15) is 10.4 Å². The molecule has 0 aliphatic carbocycles. The second-order valence-corrected chi connectivity index (χ2v) is 3.73. The van der Waals surface area contributed by atoms with Gasteiger partial charge in [-0.3, -0.25) is 4.79 Å². The summed E-state index contributed by atoms with van der Waals surface area (Å²) >= 11 is 0. The maximum Gasteiger partial charge on any atom is 0.334 e. The summed E-state index contributed by atoms with van der Waals surface area (Å²) in [7, 11) is 2.73. The molecule has 104 valence electrons. The van der Waals surface area contributed by atoms with Crippen molar-refractivity contribution < 1.29 is 24.2 Å². The molecule has 0 bridgehead atoms. The third kappa shape index (κ3) is 3.85. The van der Waals surface area contributed by atoms with Crippen molar-refractivity contribution in [3.63, 3.8) is 0 Å². The van der Waals surface area contributed by atoms with E-state index in [1.807, 2.05) is 0 Å². The first-order chi connectivity index (χ1) is 8.99. The number of nitrogens with two attached hydrogens (primary N) is 1. The molecule has 0 saturated heterocycles. The van der Waals surface area contributed by atoms with Crippen LogP contribution in [0.4, 0.5) is 5.69 Å². The number of carbonyl (C=O) groups excluding carboxylic acids is 1. The molecule has 1 aromatic rings. The monoisotopic (exact) mass is 268 g/mol. The van der Waals surface area contributed by atoms with Gasteiger partial charge >= 0.3 is 5.97 Å². The lowest BCUT2D eigenvalue weighted by Gasteiger charge is -2.13. The molecule has 0 aliphatic rings. The summed E-state index contributed by atoms with van der Waals surface area (Å²) in [6.45, 7) is -0.151. The Bertz CT molecular complexity index is 475. The lowest BCUT2D eigenvalue weighted by atomic mass is 10.1. The maximum atomic E-state index is 11.9. The Labute approximate surface area is 110 Å². The third-order valence-electron chi connectivity index (χ3n) is 2.51. The van der Waals surface area contributed by atoms with Crippen molar-refractivity contribution in [2.24, 2.45) is 0 Å². The molecule has 7 nitrogen and oxygen atoms in total. The van der Waals surface area contributed by atoms with Gasteiger partial charge in [-0.2, -0.15) is 0 Å². The number of nitrogens with one attached hydrogen (secondary N) is 1. The predicted octanol–water partition coefficient (Wildman–Crippen LogP) is 0.107. The molecule has 1 atom stereocenters. The average molecular weight is 268 g/mol. The standard InChI is InChI=1S/C12H16N2O5/c1-18-7-3-4-9(13)8(5-7)11(15)14-6-10(19-2)12(16)17/h3-5,10H,6,13H2,1-2H3,(H,14,15)(H,16,17). The third-order valence-corrected chi connectivity index (χ3v) is 2.51. The quantitative estimate of drug-likeness (QED) is 0.631. The molecule has 0 aromatic heterocycles. The molecule has 0 spiro atoms. The Kier molecular flexibility index (Phi) is 5.13. The molecule has 1 unspecified atom stereocenters. The highest BCUT2D eigenvalue weighted by molar-refractivity contribution is 5.99. The number of ether oxygens (including phenoxy) is 2. The van der Waals surface area contributed by atoms with E-state index in [1.165, 1.54) is 20.3 Å². The van der Waals surface area contributed by atoms with Gasteiger partial charge in [-0.1, -0.05) is 0 Å². The van der Waals surface area contributed by atoms with Crippen LogP contribution in [0.3, 0.4) is 0 Å². The molecular formula is C12H16N2O5. The molecule has 19 heavy (non-hydrogen) atoms. The van der Waals surface area contributed by atoms with Gasteiger partial charge in [-0.15, -0.1) is 0 Å². The second kappa shape index (κ2) is 6.60. The number of carboxylic acids is 1. The summed E-state index contributed by atoms with van der Waals surface area (Å²) in [5, 5.41) is 11.2. The fraction of sp³-hybridized carbons (Fsp3) is 0.333. The van der Waals surface area contributed by atoms with Gasteiger partial charge in [0.25, 0.3) is 5.91 Å². The molecule has 0 heterocycles. The van der Waals surface area contributed by atoms with Crippen LogP contribution < -0.4 is 15.8 Å². The van der Waals surface area contributed by atoms with Gasteiger partial charge in [0.2, 0.25) is 0 Å². The average Bonchev–Trinajstić information content (AvgIpc) is 2.39. The van der Waals surface area contributed by atoms with Gasteiger partial charge in [0.15, 0.2) is 6.10 Å². The zero-order valence-corrected chi connectivity index (χ0v) is 10.7. The van der Waals surface area contributed by atoms with E-state index in [1.54, 1.807) is 12.1 Å². The highest BCUT2D eigenvalue weighted by Gasteiger charge is 2.18. The number of benzene rings is 1. The molecule has 0 fully saturated rings. The SMILES string of the molecule is COc1ccc(N)c(C(=O)NCC(OC)C(=O)O)c1. The first kappa shape index (κ1) is 14.8. The van der Waals surface area contributed by atoms with Crippen molar-refractivity contribution in [2.45, 2.75) is 6.10 Å². The number of carbonyl (C=O) groups is 2. The number of aliphatic carboxylic acids is 1. The van der Waals surface area contributed by atoms with Gasteiger partial charge in [-0.05, 0) is 18.2 Å². The van der Waals surface area contributed by atoms with Crippen LogP contribution in [0.15, 0.2) is 18.2 Å². The minimum Gasteiger partial charge on any atom is -0.497 e. The Morgan fingerprint density at radius 3 is 2.63 bits per heavy atom. The number of anilines is 1. The van der Waals surface area contributed by atoms with E-state index in [2.05, 4.69) is 5.32 Å². The zero-order valence-electron chi connectivity index (χ0n) is 10.7. The van der Waals surface area contributed by atoms with Crippen LogP contribution in [0.5, 0.6) is 5.75 Å². The molecule has 0 radical (unpaired) electrons. The minimum atomic E-state index is -1.15. The molecule has 1 rings (SSSR count). The van der Waals surface area contributed by atoms with E-state index < -0.39 is 18.0 Å². The smallest absolute Gasteiger partial charge is 0.334 e. The molecule has 0 aliphatic heterocycles.